The number of nitrogens with one attached hydrogen (secondary N) is 2. The number of hydrogen-bond acceptors (Lipinski definition) is 4. The molecular formula is C22H27N3O3. The van der Waals surface area contributed by atoms with Crippen LogP contribution in [-0.2, 0) is 14.9 Å². The molecule has 0 bridgehead atoms. The number of H-pyrrole nitrogens is 1. The van der Waals surface area contributed by atoms with Gasteiger partial charge in [-0.2, -0.15) is 0 Å². The summed E-state index contributed by atoms with van der Waals surface area (Å²) in [6.07, 6.45) is 1.62. The molecule has 0 fully saturated rings. The van der Waals surface area contributed by atoms with Gasteiger partial charge in [0.15, 0.2) is 0 Å². The van der Waals surface area contributed by atoms with Crippen LogP contribution in [0.2, 0.25) is 0 Å². The normalized spacial score (nSPS) is 16.2. The van der Waals surface area contributed by atoms with Gasteiger partial charge in [0, 0.05) is 41.2 Å². The minimum atomic E-state index is -0.389. The molecule has 0 saturated carbocycles. The number of anilines is 2. The van der Waals surface area contributed by atoms with E-state index in [1.54, 1.807) is 26.8 Å². The number of rotatable bonds is 4. The fourth-order valence-corrected chi connectivity index (χ4v) is 3.93. The zero-order valence-corrected chi connectivity index (χ0v) is 17.3. The van der Waals surface area contributed by atoms with E-state index in [1.807, 2.05) is 24.1 Å². The largest absolute Gasteiger partial charge is 0.462 e. The minimum Gasteiger partial charge on any atom is -0.462 e. The molecule has 0 saturated heterocycles. The van der Waals surface area contributed by atoms with E-state index < -0.39 is 0 Å². The number of likely N-dealkylation sites (N-methyl/N-ethyl adjacent to an activating group) is 1. The third-order valence-corrected chi connectivity index (χ3v) is 5.37. The molecule has 3 rings (SSSR count). The number of aryl methyl sites for hydroxylation is 1. The van der Waals surface area contributed by atoms with Crippen molar-refractivity contribution in [2.75, 3.05) is 23.9 Å². The summed E-state index contributed by atoms with van der Waals surface area (Å²) in [5.41, 5.74) is 4.73. The Bertz CT molecular complexity index is 969. The zero-order chi connectivity index (χ0) is 20.6. The molecule has 28 heavy (non-hydrogen) atoms. The van der Waals surface area contributed by atoms with Crippen molar-refractivity contribution in [3.63, 3.8) is 0 Å². The first-order valence-corrected chi connectivity index (χ1v) is 9.41. The number of fused-ring (bicyclic) bond motifs is 1. The Morgan fingerprint density at radius 1 is 1.25 bits per heavy atom. The summed E-state index contributed by atoms with van der Waals surface area (Å²) in [5, 5.41) is 2.88. The van der Waals surface area contributed by atoms with Gasteiger partial charge in [-0.25, -0.2) is 4.79 Å². The lowest BCUT2D eigenvalue weighted by Gasteiger charge is -2.24. The second kappa shape index (κ2) is 7.19. The number of amides is 1. The summed E-state index contributed by atoms with van der Waals surface area (Å²) in [7, 11) is 1.97. The van der Waals surface area contributed by atoms with Gasteiger partial charge in [0.05, 0.1) is 12.2 Å². The summed E-state index contributed by atoms with van der Waals surface area (Å²) in [6.45, 7) is 9.87. The molecule has 1 aliphatic heterocycles. The fourth-order valence-electron chi connectivity index (χ4n) is 3.93. The third kappa shape index (κ3) is 3.19. The third-order valence-electron chi connectivity index (χ3n) is 5.37. The van der Waals surface area contributed by atoms with Gasteiger partial charge in [0.1, 0.15) is 5.82 Å². The maximum atomic E-state index is 12.8. The van der Waals surface area contributed by atoms with Crippen LogP contribution in [0.3, 0.4) is 0 Å². The van der Waals surface area contributed by atoms with Crippen LogP contribution < -0.4 is 10.2 Å². The SMILES string of the molecule is CCOC(=O)c1c(C)[nH]c(NC(=O)/C=C2/N(C)c3ccccc3C2(C)C)c1C. The molecule has 1 aliphatic rings. The number of carbonyl (C=O) groups excluding carboxylic acids is 2. The second-order valence-corrected chi connectivity index (χ2v) is 7.57. The molecule has 148 valence electrons. The van der Waals surface area contributed by atoms with Gasteiger partial charge in [0.2, 0.25) is 0 Å². The predicted molar refractivity (Wildman–Crippen MR) is 111 cm³/mol. The van der Waals surface area contributed by atoms with Crippen molar-refractivity contribution in [1.82, 2.24) is 4.98 Å². The molecule has 0 radical (unpaired) electrons. The first-order valence-electron chi connectivity index (χ1n) is 9.41. The maximum absolute atomic E-state index is 12.8. The van der Waals surface area contributed by atoms with Crippen LogP contribution in [0.4, 0.5) is 11.5 Å². The van der Waals surface area contributed by atoms with Crippen LogP contribution in [0.1, 0.15) is 48.0 Å². The second-order valence-electron chi connectivity index (χ2n) is 7.57. The molecule has 0 atom stereocenters. The zero-order valence-electron chi connectivity index (χ0n) is 17.3. The Morgan fingerprint density at radius 3 is 2.57 bits per heavy atom. The Labute approximate surface area is 165 Å². The van der Waals surface area contributed by atoms with Crippen molar-refractivity contribution in [2.24, 2.45) is 0 Å². The van der Waals surface area contributed by atoms with Gasteiger partial charge in [-0.15, -0.1) is 0 Å². The number of para-hydroxylation sites is 1. The Balaban J connectivity index is 1.87. The standard InChI is InChI=1S/C22H27N3O3/c1-7-28-21(27)19-13(2)20(23-14(19)3)24-18(26)12-17-22(4,5)15-10-8-9-11-16(15)25(17)6/h8-12,23H,7H2,1-6H3,(H,24,26)/b17-12+. The molecular weight excluding hydrogens is 354 g/mol. The lowest BCUT2D eigenvalue weighted by Crippen LogP contribution is -2.25. The molecule has 0 aliphatic carbocycles. The van der Waals surface area contributed by atoms with Crippen LogP contribution in [0.15, 0.2) is 36.0 Å². The number of nitrogens with zero attached hydrogens (tertiary/aromatic N) is 1. The summed E-state index contributed by atoms with van der Waals surface area (Å²) in [5.74, 6) is -0.124. The lowest BCUT2D eigenvalue weighted by atomic mass is 9.84. The molecule has 2 aromatic rings. The summed E-state index contributed by atoms with van der Waals surface area (Å²) in [6, 6.07) is 8.16. The molecule has 2 heterocycles. The summed E-state index contributed by atoms with van der Waals surface area (Å²) < 4.78 is 5.10. The Hall–Kier alpha value is -3.02. The van der Waals surface area contributed by atoms with Crippen molar-refractivity contribution in [1.29, 1.82) is 0 Å². The van der Waals surface area contributed by atoms with Crippen molar-refractivity contribution >= 4 is 23.4 Å². The van der Waals surface area contributed by atoms with Crippen molar-refractivity contribution < 1.29 is 14.3 Å². The number of ether oxygens (including phenoxy) is 1. The van der Waals surface area contributed by atoms with Gasteiger partial charge in [-0.1, -0.05) is 32.0 Å². The quantitative estimate of drug-likeness (QED) is 0.619. The van der Waals surface area contributed by atoms with E-state index in [0.717, 1.165) is 11.4 Å². The first kappa shape index (κ1) is 19.7. The molecule has 6 nitrogen and oxygen atoms in total. The van der Waals surface area contributed by atoms with E-state index in [-0.39, 0.29) is 17.3 Å². The fraction of sp³-hybridized carbons (Fsp3) is 0.364. The lowest BCUT2D eigenvalue weighted by molar-refractivity contribution is -0.112. The number of carbonyl (C=O) groups is 2. The maximum Gasteiger partial charge on any atom is 0.340 e. The molecule has 1 amide bonds. The number of esters is 1. The number of hydrogen-bond donors (Lipinski definition) is 2. The molecule has 0 unspecified atom stereocenters. The first-order chi connectivity index (χ1) is 13.2. The average molecular weight is 381 g/mol. The average Bonchev–Trinajstić information content (AvgIpc) is 3.01. The Kier molecular flexibility index (Phi) is 5.06. The van der Waals surface area contributed by atoms with E-state index in [4.69, 9.17) is 4.74 Å². The van der Waals surface area contributed by atoms with Crippen LogP contribution in [-0.4, -0.2) is 30.5 Å². The smallest absolute Gasteiger partial charge is 0.340 e. The van der Waals surface area contributed by atoms with Gasteiger partial charge >= 0.3 is 5.97 Å². The number of allylic oxidation sites excluding steroid dienone is 1. The highest BCUT2D eigenvalue weighted by molar-refractivity contribution is 6.02. The minimum absolute atomic E-state index is 0.248. The highest BCUT2D eigenvalue weighted by atomic mass is 16.5. The van der Waals surface area contributed by atoms with E-state index >= 15 is 0 Å². The number of aromatic nitrogens is 1. The molecule has 1 aromatic carbocycles. The van der Waals surface area contributed by atoms with Gasteiger partial charge in [-0.05, 0) is 32.4 Å². The monoisotopic (exact) mass is 381 g/mol. The van der Waals surface area contributed by atoms with Crippen LogP contribution >= 0.6 is 0 Å². The highest BCUT2D eigenvalue weighted by Crippen LogP contribution is 2.46. The van der Waals surface area contributed by atoms with Gasteiger partial charge in [0.25, 0.3) is 5.91 Å². The van der Waals surface area contributed by atoms with Crippen LogP contribution in [0.25, 0.3) is 0 Å². The molecule has 6 heteroatoms. The summed E-state index contributed by atoms with van der Waals surface area (Å²) >= 11 is 0. The number of benzene rings is 1. The number of aromatic amines is 1. The highest BCUT2D eigenvalue weighted by Gasteiger charge is 2.38. The van der Waals surface area contributed by atoms with Crippen molar-refractivity contribution in [3.8, 4) is 0 Å². The van der Waals surface area contributed by atoms with E-state index in [1.165, 1.54) is 5.56 Å². The summed E-state index contributed by atoms with van der Waals surface area (Å²) in [4.78, 5) is 30.0. The van der Waals surface area contributed by atoms with Crippen LogP contribution in [0.5, 0.6) is 0 Å². The predicted octanol–water partition coefficient (Wildman–Crippen LogP) is 4.06. The van der Waals surface area contributed by atoms with E-state index in [2.05, 4.69) is 36.3 Å². The molecule has 1 aromatic heterocycles. The van der Waals surface area contributed by atoms with Crippen molar-refractivity contribution in [2.45, 2.75) is 40.0 Å². The Morgan fingerprint density at radius 2 is 1.93 bits per heavy atom. The van der Waals surface area contributed by atoms with E-state index in [9.17, 15) is 9.59 Å². The van der Waals surface area contributed by atoms with Gasteiger partial charge in [-0.3, -0.25) is 4.79 Å². The molecule has 2 N–H and O–H groups in total. The topological polar surface area (TPSA) is 74.4 Å². The van der Waals surface area contributed by atoms with Crippen LogP contribution in [0, 0.1) is 13.8 Å². The molecule has 0 spiro atoms. The van der Waals surface area contributed by atoms with E-state index in [0.29, 0.717) is 29.2 Å². The van der Waals surface area contributed by atoms with Crippen molar-refractivity contribution in [3.05, 3.63) is 58.4 Å². The van der Waals surface area contributed by atoms with Gasteiger partial charge < -0.3 is 19.9 Å².